The summed E-state index contributed by atoms with van der Waals surface area (Å²) in [6, 6.07) is 0.514. The van der Waals surface area contributed by atoms with E-state index in [-0.39, 0.29) is 29.3 Å². The summed E-state index contributed by atoms with van der Waals surface area (Å²) in [4.78, 5) is 11.9. The first-order valence-electron chi connectivity index (χ1n) is 5.99. The maximum Gasteiger partial charge on any atom is 0.223 e. The fourth-order valence-electron chi connectivity index (χ4n) is 2.32. The van der Waals surface area contributed by atoms with Crippen LogP contribution in [-0.2, 0) is 4.79 Å². The minimum atomic E-state index is 0.0684. The van der Waals surface area contributed by atoms with Gasteiger partial charge in [-0.05, 0) is 25.2 Å². The van der Waals surface area contributed by atoms with Crippen LogP contribution in [0.2, 0.25) is 0 Å². The highest BCUT2D eigenvalue weighted by molar-refractivity contribution is 5.79. The molecule has 86 valence electrons. The maximum atomic E-state index is 11.9. The quantitative estimate of drug-likeness (QED) is 0.737. The standard InChI is InChI=1S/C12H22N2O/c1-7(8-4-5-8)11(15)14-10-6-9(13)12(10,2)3/h7-10H,4-6,13H2,1-3H3,(H,14,15). The van der Waals surface area contributed by atoms with Gasteiger partial charge in [-0.1, -0.05) is 20.8 Å². The van der Waals surface area contributed by atoms with Crippen molar-refractivity contribution >= 4 is 5.91 Å². The largest absolute Gasteiger partial charge is 0.352 e. The summed E-state index contributed by atoms with van der Waals surface area (Å²) in [6.07, 6.45) is 3.38. The number of carbonyl (C=O) groups is 1. The first-order chi connectivity index (χ1) is 6.93. The second kappa shape index (κ2) is 3.48. The van der Waals surface area contributed by atoms with Crippen LogP contribution in [0.4, 0.5) is 0 Å². The monoisotopic (exact) mass is 210 g/mol. The van der Waals surface area contributed by atoms with Crippen LogP contribution < -0.4 is 11.1 Å². The molecule has 0 aliphatic heterocycles. The Morgan fingerprint density at radius 2 is 2.07 bits per heavy atom. The first-order valence-corrected chi connectivity index (χ1v) is 5.99. The Bertz CT molecular complexity index is 271. The maximum absolute atomic E-state index is 11.9. The summed E-state index contributed by atoms with van der Waals surface area (Å²) in [5.74, 6) is 1.06. The third kappa shape index (κ3) is 1.89. The van der Waals surface area contributed by atoms with E-state index in [2.05, 4.69) is 19.2 Å². The normalized spacial score (nSPS) is 35.5. The van der Waals surface area contributed by atoms with Crippen molar-refractivity contribution < 1.29 is 4.79 Å². The number of nitrogens with one attached hydrogen (secondary N) is 1. The lowest BCUT2D eigenvalue weighted by atomic mass is 9.63. The van der Waals surface area contributed by atoms with Gasteiger partial charge in [-0.2, -0.15) is 0 Å². The first kappa shape index (κ1) is 10.9. The third-order valence-electron chi connectivity index (χ3n) is 4.40. The van der Waals surface area contributed by atoms with Gasteiger partial charge < -0.3 is 11.1 Å². The molecule has 0 saturated heterocycles. The summed E-state index contributed by atoms with van der Waals surface area (Å²) in [6.45, 7) is 6.31. The van der Waals surface area contributed by atoms with E-state index in [1.165, 1.54) is 12.8 Å². The van der Waals surface area contributed by atoms with Crippen LogP contribution >= 0.6 is 0 Å². The van der Waals surface area contributed by atoms with Crippen LogP contribution in [0, 0.1) is 17.3 Å². The van der Waals surface area contributed by atoms with Crippen molar-refractivity contribution in [2.45, 2.75) is 52.1 Å². The molecule has 2 aliphatic carbocycles. The molecule has 0 heterocycles. The van der Waals surface area contributed by atoms with Gasteiger partial charge in [-0.3, -0.25) is 4.79 Å². The van der Waals surface area contributed by atoms with Crippen molar-refractivity contribution in [3.8, 4) is 0 Å². The van der Waals surface area contributed by atoms with Crippen LogP contribution in [-0.4, -0.2) is 18.0 Å². The summed E-state index contributed by atoms with van der Waals surface area (Å²) in [5.41, 5.74) is 5.99. The number of carbonyl (C=O) groups excluding carboxylic acids is 1. The Hall–Kier alpha value is -0.570. The average molecular weight is 210 g/mol. The molecule has 0 aromatic heterocycles. The fourth-order valence-corrected chi connectivity index (χ4v) is 2.32. The van der Waals surface area contributed by atoms with Crippen LogP contribution in [0.5, 0.6) is 0 Å². The molecule has 2 saturated carbocycles. The molecule has 3 unspecified atom stereocenters. The van der Waals surface area contributed by atoms with E-state index < -0.39 is 0 Å². The molecule has 0 spiro atoms. The van der Waals surface area contributed by atoms with Crippen molar-refractivity contribution in [2.24, 2.45) is 23.0 Å². The van der Waals surface area contributed by atoms with E-state index in [0.717, 1.165) is 6.42 Å². The molecule has 3 N–H and O–H groups in total. The molecule has 3 heteroatoms. The van der Waals surface area contributed by atoms with E-state index in [9.17, 15) is 4.79 Å². The van der Waals surface area contributed by atoms with Gasteiger partial charge in [0, 0.05) is 23.4 Å². The minimum absolute atomic E-state index is 0.0684. The van der Waals surface area contributed by atoms with Crippen molar-refractivity contribution in [3.05, 3.63) is 0 Å². The average Bonchev–Trinajstić information content (AvgIpc) is 2.99. The zero-order chi connectivity index (χ0) is 11.2. The van der Waals surface area contributed by atoms with Crippen LogP contribution in [0.3, 0.4) is 0 Å². The summed E-state index contributed by atoms with van der Waals surface area (Å²) < 4.78 is 0. The Balaban J connectivity index is 1.84. The number of nitrogens with two attached hydrogens (primary N) is 1. The van der Waals surface area contributed by atoms with Crippen molar-refractivity contribution in [2.75, 3.05) is 0 Å². The lowest BCUT2D eigenvalue weighted by Gasteiger charge is -2.50. The van der Waals surface area contributed by atoms with Gasteiger partial charge in [0.15, 0.2) is 0 Å². The summed E-state index contributed by atoms with van der Waals surface area (Å²) in [7, 11) is 0. The molecule has 2 fully saturated rings. The smallest absolute Gasteiger partial charge is 0.223 e. The van der Waals surface area contributed by atoms with Gasteiger partial charge in [0.25, 0.3) is 0 Å². The molecule has 1 amide bonds. The van der Waals surface area contributed by atoms with Gasteiger partial charge in [0.1, 0.15) is 0 Å². The van der Waals surface area contributed by atoms with Crippen LogP contribution in [0.15, 0.2) is 0 Å². The highest BCUT2D eigenvalue weighted by Gasteiger charge is 2.47. The Kier molecular flexibility index (Phi) is 2.53. The zero-order valence-corrected chi connectivity index (χ0v) is 9.92. The molecule has 2 aliphatic rings. The molecule has 0 radical (unpaired) electrons. The second-order valence-corrected chi connectivity index (χ2v) is 5.85. The molecule has 0 bridgehead atoms. The van der Waals surface area contributed by atoms with Crippen molar-refractivity contribution in [1.82, 2.24) is 5.32 Å². The number of hydrogen-bond donors (Lipinski definition) is 2. The molecule has 15 heavy (non-hydrogen) atoms. The molecular formula is C12H22N2O. The molecule has 2 rings (SSSR count). The van der Waals surface area contributed by atoms with E-state index in [1.807, 2.05) is 6.92 Å². The summed E-state index contributed by atoms with van der Waals surface area (Å²) in [5, 5.41) is 3.14. The molecular weight excluding hydrogens is 188 g/mol. The Morgan fingerprint density at radius 1 is 1.47 bits per heavy atom. The SMILES string of the molecule is CC(C(=O)NC1CC(N)C1(C)C)C1CC1. The topological polar surface area (TPSA) is 55.1 Å². The van der Waals surface area contributed by atoms with Crippen molar-refractivity contribution in [3.63, 3.8) is 0 Å². The lowest BCUT2D eigenvalue weighted by Crippen LogP contribution is -2.65. The molecule has 0 aromatic carbocycles. The Labute approximate surface area is 91.8 Å². The third-order valence-corrected chi connectivity index (χ3v) is 4.40. The van der Waals surface area contributed by atoms with Gasteiger partial charge >= 0.3 is 0 Å². The predicted octanol–water partition coefficient (Wildman–Crippen LogP) is 1.27. The second-order valence-electron chi connectivity index (χ2n) is 5.85. The highest BCUT2D eigenvalue weighted by Crippen LogP contribution is 2.40. The van der Waals surface area contributed by atoms with E-state index in [0.29, 0.717) is 5.92 Å². The van der Waals surface area contributed by atoms with Gasteiger partial charge in [-0.15, -0.1) is 0 Å². The predicted molar refractivity (Wildman–Crippen MR) is 60.2 cm³/mol. The van der Waals surface area contributed by atoms with Gasteiger partial charge in [0.05, 0.1) is 0 Å². The summed E-state index contributed by atoms with van der Waals surface area (Å²) >= 11 is 0. The number of amides is 1. The zero-order valence-electron chi connectivity index (χ0n) is 9.92. The van der Waals surface area contributed by atoms with E-state index >= 15 is 0 Å². The molecule has 0 aromatic rings. The van der Waals surface area contributed by atoms with Crippen LogP contribution in [0.25, 0.3) is 0 Å². The van der Waals surface area contributed by atoms with E-state index in [1.54, 1.807) is 0 Å². The lowest BCUT2D eigenvalue weighted by molar-refractivity contribution is -0.128. The van der Waals surface area contributed by atoms with Crippen LogP contribution in [0.1, 0.15) is 40.0 Å². The van der Waals surface area contributed by atoms with E-state index in [4.69, 9.17) is 5.73 Å². The number of rotatable bonds is 3. The fraction of sp³-hybridized carbons (Fsp3) is 0.917. The highest BCUT2D eigenvalue weighted by atomic mass is 16.2. The van der Waals surface area contributed by atoms with Gasteiger partial charge in [0.2, 0.25) is 5.91 Å². The Morgan fingerprint density at radius 3 is 2.47 bits per heavy atom. The molecule has 3 nitrogen and oxygen atoms in total. The minimum Gasteiger partial charge on any atom is -0.352 e. The molecule has 3 atom stereocenters. The van der Waals surface area contributed by atoms with Gasteiger partial charge in [-0.25, -0.2) is 0 Å². The number of hydrogen-bond acceptors (Lipinski definition) is 2. The van der Waals surface area contributed by atoms with Crippen molar-refractivity contribution in [1.29, 1.82) is 0 Å².